The second-order valence-electron chi connectivity index (χ2n) is 6.37. The van der Waals surface area contributed by atoms with Gasteiger partial charge >= 0.3 is 5.97 Å². The summed E-state index contributed by atoms with van der Waals surface area (Å²) in [7, 11) is 0. The summed E-state index contributed by atoms with van der Waals surface area (Å²) in [5, 5.41) is 21.4. The molecule has 3 aromatic carbocycles. The second-order valence-corrected chi connectivity index (χ2v) is 6.37. The van der Waals surface area contributed by atoms with Crippen molar-refractivity contribution in [2.45, 2.75) is 6.61 Å². The van der Waals surface area contributed by atoms with Crippen molar-refractivity contribution in [1.82, 2.24) is 5.43 Å². The number of amides is 1. The molecule has 0 aromatic heterocycles. The largest absolute Gasteiger partial charge is 0.489 e. The number of carboxylic acids is 1. The van der Waals surface area contributed by atoms with Crippen LogP contribution in [0.25, 0.3) is 0 Å². The number of hydrogen-bond acceptors (Lipinski definition) is 5. The van der Waals surface area contributed by atoms with Crippen LogP contribution in [0.5, 0.6) is 5.75 Å². The average Bonchev–Trinajstić information content (AvgIpc) is 2.78. The molecule has 0 aliphatic heterocycles. The number of rotatable bonds is 7. The number of benzene rings is 3. The van der Waals surface area contributed by atoms with Crippen molar-refractivity contribution in [3.8, 4) is 11.8 Å². The van der Waals surface area contributed by atoms with E-state index in [2.05, 4.69) is 10.5 Å². The minimum atomic E-state index is -0.983. The first-order valence-corrected chi connectivity index (χ1v) is 9.04. The van der Waals surface area contributed by atoms with Crippen molar-refractivity contribution < 1.29 is 23.8 Å². The van der Waals surface area contributed by atoms with Crippen molar-refractivity contribution in [3.63, 3.8) is 0 Å². The monoisotopic (exact) mass is 417 g/mol. The van der Waals surface area contributed by atoms with Crippen LogP contribution in [0.4, 0.5) is 4.39 Å². The molecule has 0 saturated carbocycles. The summed E-state index contributed by atoms with van der Waals surface area (Å²) in [5.74, 6) is -1.91. The summed E-state index contributed by atoms with van der Waals surface area (Å²) >= 11 is 0. The predicted molar refractivity (Wildman–Crippen MR) is 110 cm³/mol. The Labute approximate surface area is 177 Å². The first kappa shape index (κ1) is 21.2. The maximum absolute atomic E-state index is 13.8. The number of ether oxygens (including phenoxy) is 1. The van der Waals surface area contributed by atoms with Crippen LogP contribution in [0.1, 0.15) is 37.4 Å². The molecule has 0 aliphatic rings. The van der Waals surface area contributed by atoms with Gasteiger partial charge in [-0.3, -0.25) is 4.79 Å². The summed E-state index contributed by atoms with van der Waals surface area (Å²) in [6, 6.07) is 18.6. The van der Waals surface area contributed by atoms with E-state index in [9.17, 15) is 14.0 Å². The number of nitriles is 1. The zero-order valence-corrected chi connectivity index (χ0v) is 16.1. The zero-order chi connectivity index (χ0) is 22.2. The van der Waals surface area contributed by atoms with Gasteiger partial charge in [0.05, 0.1) is 29.0 Å². The van der Waals surface area contributed by atoms with E-state index in [1.54, 1.807) is 42.5 Å². The van der Waals surface area contributed by atoms with Gasteiger partial charge in [-0.25, -0.2) is 14.6 Å². The number of nitrogens with one attached hydrogen (secondary N) is 1. The third kappa shape index (κ3) is 5.74. The van der Waals surface area contributed by atoms with Gasteiger partial charge in [0, 0.05) is 0 Å². The van der Waals surface area contributed by atoms with Crippen molar-refractivity contribution in [3.05, 3.63) is 100 Å². The molecule has 2 N–H and O–H groups in total. The summed E-state index contributed by atoms with van der Waals surface area (Å²) < 4.78 is 19.5. The Morgan fingerprint density at radius 2 is 1.81 bits per heavy atom. The standard InChI is InChI=1S/C23H16FN3O4/c24-21-11-17(12-25)5-10-20(21)22(28)27-26-13-15-3-8-19(9-4-15)31-14-16-1-6-18(7-2-16)23(29)30/h1-11,13H,14H2,(H,27,28)(H,29,30)/b26-13-. The van der Waals surface area contributed by atoms with Crippen LogP contribution in [-0.4, -0.2) is 23.2 Å². The zero-order valence-electron chi connectivity index (χ0n) is 16.1. The second kappa shape index (κ2) is 9.80. The first-order valence-electron chi connectivity index (χ1n) is 9.04. The Bertz CT molecular complexity index is 1170. The molecule has 1 amide bonds. The average molecular weight is 417 g/mol. The Morgan fingerprint density at radius 1 is 1.10 bits per heavy atom. The topological polar surface area (TPSA) is 112 Å². The fourth-order valence-corrected chi connectivity index (χ4v) is 2.55. The van der Waals surface area contributed by atoms with Crippen LogP contribution in [-0.2, 0) is 6.61 Å². The molecule has 31 heavy (non-hydrogen) atoms. The minimum Gasteiger partial charge on any atom is -0.489 e. The quantitative estimate of drug-likeness (QED) is 0.449. The van der Waals surface area contributed by atoms with E-state index in [1.807, 2.05) is 0 Å². The minimum absolute atomic E-state index is 0.122. The van der Waals surface area contributed by atoms with E-state index in [1.165, 1.54) is 30.5 Å². The molecule has 0 atom stereocenters. The third-order valence-electron chi connectivity index (χ3n) is 4.21. The molecule has 8 heteroatoms. The van der Waals surface area contributed by atoms with Crippen LogP contribution in [0.3, 0.4) is 0 Å². The van der Waals surface area contributed by atoms with Crippen molar-refractivity contribution in [2.75, 3.05) is 0 Å². The molecule has 0 bridgehead atoms. The van der Waals surface area contributed by atoms with Gasteiger partial charge in [0.1, 0.15) is 18.2 Å². The highest BCUT2D eigenvalue weighted by molar-refractivity contribution is 5.95. The van der Waals surface area contributed by atoms with Crippen LogP contribution < -0.4 is 10.2 Å². The number of nitrogens with zero attached hydrogens (tertiary/aromatic N) is 2. The van der Waals surface area contributed by atoms with E-state index in [0.717, 1.165) is 11.6 Å². The number of carboxylic acid groups (broad SMARTS) is 1. The lowest BCUT2D eigenvalue weighted by Crippen LogP contribution is -2.19. The van der Waals surface area contributed by atoms with Gasteiger partial charge in [-0.2, -0.15) is 10.4 Å². The molecule has 154 valence electrons. The smallest absolute Gasteiger partial charge is 0.335 e. The molecule has 0 saturated heterocycles. The van der Waals surface area contributed by atoms with E-state index < -0.39 is 17.7 Å². The fourth-order valence-electron chi connectivity index (χ4n) is 2.55. The number of aromatic carboxylic acids is 1. The van der Waals surface area contributed by atoms with Crippen molar-refractivity contribution >= 4 is 18.1 Å². The van der Waals surface area contributed by atoms with Crippen molar-refractivity contribution in [2.24, 2.45) is 5.10 Å². The lowest BCUT2D eigenvalue weighted by atomic mass is 10.1. The summed E-state index contributed by atoms with van der Waals surface area (Å²) in [5.41, 5.74) is 3.86. The Hall–Kier alpha value is -4.51. The van der Waals surface area contributed by atoms with Crippen LogP contribution in [0, 0.1) is 17.1 Å². The molecule has 0 fully saturated rings. The van der Waals surface area contributed by atoms with Gasteiger partial charge in [-0.1, -0.05) is 12.1 Å². The molecule has 0 unspecified atom stereocenters. The van der Waals surface area contributed by atoms with E-state index in [0.29, 0.717) is 11.3 Å². The van der Waals surface area contributed by atoms with Crippen LogP contribution in [0.2, 0.25) is 0 Å². The Balaban J connectivity index is 1.53. The molecular weight excluding hydrogens is 401 g/mol. The van der Waals surface area contributed by atoms with Gasteiger partial charge in [0.25, 0.3) is 5.91 Å². The van der Waals surface area contributed by atoms with Gasteiger partial charge < -0.3 is 9.84 Å². The Kier molecular flexibility index (Phi) is 6.71. The molecule has 0 aliphatic carbocycles. The molecule has 0 spiro atoms. The first-order chi connectivity index (χ1) is 15.0. The van der Waals surface area contributed by atoms with E-state index >= 15 is 0 Å². The molecule has 3 aromatic rings. The fraction of sp³-hybridized carbons (Fsp3) is 0.0435. The lowest BCUT2D eigenvalue weighted by Gasteiger charge is -2.07. The Morgan fingerprint density at radius 3 is 2.42 bits per heavy atom. The van der Waals surface area contributed by atoms with E-state index in [-0.39, 0.29) is 23.3 Å². The molecule has 0 heterocycles. The highest BCUT2D eigenvalue weighted by Crippen LogP contribution is 2.14. The van der Waals surface area contributed by atoms with Gasteiger partial charge in [-0.05, 0) is 65.7 Å². The van der Waals surface area contributed by atoms with Crippen molar-refractivity contribution in [1.29, 1.82) is 5.26 Å². The van der Waals surface area contributed by atoms with Gasteiger partial charge in [0.2, 0.25) is 0 Å². The maximum atomic E-state index is 13.8. The van der Waals surface area contributed by atoms with Gasteiger partial charge in [0.15, 0.2) is 0 Å². The van der Waals surface area contributed by atoms with E-state index in [4.69, 9.17) is 15.1 Å². The summed E-state index contributed by atoms with van der Waals surface area (Å²) in [6.45, 7) is 0.277. The molecular formula is C23H16FN3O4. The molecule has 7 nitrogen and oxygen atoms in total. The summed E-state index contributed by atoms with van der Waals surface area (Å²) in [4.78, 5) is 22.8. The molecule has 3 rings (SSSR count). The number of hydrazone groups is 1. The van der Waals surface area contributed by atoms with Crippen LogP contribution >= 0.6 is 0 Å². The highest BCUT2D eigenvalue weighted by atomic mass is 19.1. The number of hydrogen-bond donors (Lipinski definition) is 2. The highest BCUT2D eigenvalue weighted by Gasteiger charge is 2.11. The normalized spacial score (nSPS) is 10.5. The molecule has 0 radical (unpaired) electrons. The van der Waals surface area contributed by atoms with Gasteiger partial charge in [-0.15, -0.1) is 0 Å². The lowest BCUT2D eigenvalue weighted by molar-refractivity contribution is 0.0696. The predicted octanol–water partition coefficient (Wildman–Crippen LogP) is 3.74. The third-order valence-corrected chi connectivity index (χ3v) is 4.21. The van der Waals surface area contributed by atoms with Crippen LogP contribution in [0.15, 0.2) is 71.8 Å². The number of halogens is 1. The maximum Gasteiger partial charge on any atom is 0.335 e. The number of carbonyl (C=O) groups excluding carboxylic acids is 1. The number of carbonyl (C=O) groups is 2. The SMILES string of the molecule is N#Cc1ccc(C(=O)N/N=C\c2ccc(OCc3ccc(C(=O)O)cc3)cc2)c(F)c1. The summed E-state index contributed by atoms with van der Waals surface area (Å²) in [6.07, 6.45) is 1.40.